The monoisotopic (exact) mass is 470 g/mol. The zero-order valence-corrected chi connectivity index (χ0v) is 18.4. The van der Waals surface area contributed by atoms with Gasteiger partial charge in [-0.05, 0) is 42.0 Å². The van der Waals surface area contributed by atoms with E-state index in [1.165, 1.54) is 19.3 Å². The van der Waals surface area contributed by atoms with Crippen molar-refractivity contribution in [3.8, 4) is 17.6 Å². The molecule has 0 unspecified atom stereocenters. The van der Waals surface area contributed by atoms with Gasteiger partial charge in [-0.15, -0.1) is 0 Å². The van der Waals surface area contributed by atoms with Gasteiger partial charge in [0.25, 0.3) is 5.91 Å². The lowest BCUT2D eigenvalue weighted by molar-refractivity contribution is -0.112. The van der Waals surface area contributed by atoms with E-state index in [4.69, 9.17) is 32.7 Å². The molecule has 0 saturated carbocycles. The zero-order chi connectivity index (χ0) is 23.1. The molecule has 0 fully saturated rings. The molecule has 0 aliphatic heterocycles. The van der Waals surface area contributed by atoms with Crippen molar-refractivity contribution < 1.29 is 18.7 Å². The lowest BCUT2D eigenvalue weighted by Crippen LogP contribution is -2.13. The van der Waals surface area contributed by atoms with E-state index in [9.17, 15) is 14.4 Å². The molecule has 3 aromatic rings. The lowest BCUT2D eigenvalue weighted by atomic mass is 10.1. The summed E-state index contributed by atoms with van der Waals surface area (Å²) in [6, 6.07) is 17.8. The molecule has 3 aromatic carbocycles. The SMILES string of the molecule is COc1cc(/C=C(/C#N)C(=O)Nc2cccc(Cl)c2Cl)ccc1OCc1ccccc1F. The predicted molar refractivity (Wildman–Crippen MR) is 122 cm³/mol. The van der Waals surface area contributed by atoms with E-state index < -0.39 is 5.91 Å². The van der Waals surface area contributed by atoms with Gasteiger partial charge >= 0.3 is 0 Å². The van der Waals surface area contributed by atoms with Crippen LogP contribution in [0.1, 0.15) is 11.1 Å². The molecule has 162 valence electrons. The van der Waals surface area contributed by atoms with E-state index in [1.54, 1.807) is 54.6 Å². The van der Waals surface area contributed by atoms with E-state index in [2.05, 4.69) is 5.32 Å². The fourth-order valence-corrected chi connectivity index (χ4v) is 3.12. The lowest BCUT2D eigenvalue weighted by Gasteiger charge is -2.12. The van der Waals surface area contributed by atoms with Crippen molar-refractivity contribution in [2.24, 2.45) is 0 Å². The smallest absolute Gasteiger partial charge is 0.266 e. The Morgan fingerprint density at radius 3 is 2.62 bits per heavy atom. The Kier molecular flexibility index (Phi) is 7.72. The summed E-state index contributed by atoms with van der Waals surface area (Å²) in [4.78, 5) is 12.5. The second-order valence-corrected chi connectivity index (χ2v) is 7.30. The van der Waals surface area contributed by atoms with Crippen molar-refractivity contribution in [3.63, 3.8) is 0 Å². The van der Waals surface area contributed by atoms with Crippen LogP contribution in [0, 0.1) is 17.1 Å². The van der Waals surface area contributed by atoms with E-state index in [0.717, 1.165) is 0 Å². The largest absolute Gasteiger partial charge is 0.493 e. The van der Waals surface area contributed by atoms with Crippen LogP contribution in [0.3, 0.4) is 0 Å². The molecular formula is C24H17Cl2FN2O3. The van der Waals surface area contributed by atoms with Crippen LogP contribution < -0.4 is 14.8 Å². The molecule has 3 rings (SSSR count). The number of nitrogens with zero attached hydrogens (tertiary/aromatic N) is 1. The Morgan fingerprint density at radius 2 is 1.91 bits per heavy atom. The van der Waals surface area contributed by atoms with E-state index in [-0.39, 0.29) is 28.0 Å². The van der Waals surface area contributed by atoms with E-state index in [1.807, 2.05) is 6.07 Å². The standard InChI is InChI=1S/C24H17Cl2FN2O3/c1-31-22-12-15(9-10-21(22)32-14-16-5-2-3-7-19(16)27)11-17(13-28)24(30)29-20-8-4-6-18(25)23(20)26/h2-12H,14H2,1H3,(H,29,30)/b17-11-. The van der Waals surface area contributed by atoms with Crippen molar-refractivity contribution in [3.05, 3.63) is 93.2 Å². The molecule has 0 aliphatic carbocycles. The molecule has 0 radical (unpaired) electrons. The van der Waals surface area contributed by atoms with Crippen LogP contribution in [-0.4, -0.2) is 13.0 Å². The Labute approximate surface area is 194 Å². The van der Waals surface area contributed by atoms with Crippen LogP contribution in [-0.2, 0) is 11.4 Å². The number of carbonyl (C=O) groups is 1. The van der Waals surface area contributed by atoms with E-state index >= 15 is 0 Å². The highest BCUT2D eigenvalue weighted by molar-refractivity contribution is 6.44. The van der Waals surface area contributed by atoms with Crippen molar-refractivity contribution in [2.75, 3.05) is 12.4 Å². The third-order valence-corrected chi connectivity index (χ3v) is 5.22. The number of methoxy groups -OCH3 is 1. The summed E-state index contributed by atoms with van der Waals surface area (Å²) in [5.74, 6) is -0.252. The number of anilines is 1. The predicted octanol–water partition coefficient (Wildman–Crippen LogP) is 6.27. The van der Waals surface area contributed by atoms with Gasteiger partial charge in [0.15, 0.2) is 11.5 Å². The second-order valence-electron chi connectivity index (χ2n) is 6.52. The van der Waals surface area contributed by atoms with Crippen molar-refractivity contribution >= 4 is 40.9 Å². The summed E-state index contributed by atoms with van der Waals surface area (Å²) in [5, 5.41) is 12.5. The maximum absolute atomic E-state index is 13.8. The van der Waals surface area contributed by atoms with Crippen molar-refractivity contribution in [1.82, 2.24) is 0 Å². The summed E-state index contributed by atoms with van der Waals surface area (Å²) < 4.78 is 24.8. The number of hydrogen-bond donors (Lipinski definition) is 1. The van der Waals surface area contributed by atoms with Crippen LogP contribution in [0.25, 0.3) is 6.08 Å². The van der Waals surface area contributed by atoms with Gasteiger partial charge in [0.2, 0.25) is 0 Å². The van der Waals surface area contributed by atoms with Crippen molar-refractivity contribution in [1.29, 1.82) is 5.26 Å². The number of hydrogen-bond acceptors (Lipinski definition) is 4. The van der Waals surface area contributed by atoms with Gasteiger partial charge in [-0.1, -0.05) is 53.5 Å². The first kappa shape index (κ1) is 23.1. The summed E-state index contributed by atoms with van der Waals surface area (Å²) in [6.07, 6.45) is 1.40. The number of benzene rings is 3. The van der Waals surface area contributed by atoms with Crippen LogP contribution in [0.5, 0.6) is 11.5 Å². The molecule has 0 atom stereocenters. The molecule has 1 amide bonds. The molecule has 5 nitrogen and oxygen atoms in total. The maximum Gasteiger partial charge on any atom is 0.266 e. The quantitative estimate of drug-likeness (QED) is 0.326. The molecule has 0 spiro atoms. The first-order chi connectivity index (χ1) is 15.4. The first-order valence-corrected chi connectivity index (χ1v) is 10.1. The molecule has 1 N–H and O–H groups in total. The number of carbonyl (C=O) groups excluding carboxylic acids is 1. The average molecular weight is 471 g/mol. The highest BCUT2D eigenvalue weighted by Gasteiger charge is 2.14. The van der Waals surface area contributed by atoms with Crippen LogP contribution in [0.2, 0.25) is 10.0 Å². The molecule has 0 aliphatic rings. The molecule has 0 saturated heterocycles. The third-order valence-electron chi connectivity index (χ3n) is 4.40. The number of nitriles is 1. The Morgan fingerprint density at radius 1 is 1.12 bits per heavy atom. The number of nitrogens with one attached hydrogen (secondary N) is 1. The maximum atomic E-state index is 13.8. The number of halogens is 3. The molecule has 0 heterocycles. The summed E-state index contributed by atoms with van der Waals surface area (Å²) in [6.45, 7) is 0.0183. The summed E-state index contributed by atoms with van der Waals surface area (Å²) in [5.41, 5.74) is 1.08. The molecule has 32 heavy (non-hydrogen) atoms. The van der Waals surface area contributed by atoms with Crippen LogP contribution >= 0.6 is 23.2 Å². The van der Waals surface area contributed by atoms with Crippen molar-refractivity contribution in [2.45, 2.75) is 6.61 Å². The second kappa shape index (κ2) is 10.7. The van der Waals surface area contributed by atoms with Gasteiger partial charge in [0.05, 0.1) is 22.8 Å². The fraction of sp³-hybridized carbons (Fsp3) is 0.0833. The Bertz CT molecular complexity index is 1220. The molecular weight excluding hydrogens is 454 g/mol. The summed E-state index contributed by atoms with van der Waals surface area (Å²) >= 11 is 12.0. The minimum Gasteiger partial charge on any atom is -0.493 e. The van der Waals surface area contributed by atoms with Crippen LogP contribution in [0.4, 0.5) is 10.1 Å². The van der Waals surface area contributed by atoms with Gasteiger partial charge in [-0.2, -0.15) is 5.26 Å². The van der Waals surface area contributed by atoms with E-state index in [0.29, 0.717) is 28.3 Å². The first-order valence-electron chi connectivity index (χ1n) is 9.34. The summed E-state index contributed by atoms with van der Waals surface area (Å²) in [7, 11) is 1.46. The fourth-order valence-electron chi connectivity index (χ4n) is 2.77. The van der Waals surface area contributed by atoms with Gasteiger partial charge in [-0.25, -0.2) is 4.39 Å². The molecule has 8 heteroatoms. The topological polar surface area (TPSA) is 71.3 Å². The van der Waals surface area contributed by atoms with Gasteiger partial charge < -0.3 is 14.8 Å². The average Bonchev–Trinajstić information content (AvgIpc) is 2.80. The highest BCUT2D eigenvalue weighted by atomic mass is 35.5. The minimum absolute atomic E-state index is 0.0183. The number of amides is 1. The molecule has 0 aromatic heterocycles. The molecule has 0 bridgehead atoms. The van der Waals surface area contributed by atoms with Gasteiger partial charge in [0, 0.05) is 5.56 Å². The Hall–Kier alpha value is -3.53. The minimum atomic E-state index is -0.643. The normalized spacial score (nSPS) is 10.9. The number of ether oxygens (including phenoxy) is 2. The zero-order valence-electron chi connectivity index (χ0n) is 16.9. The number of rotatable bonds is 7. The Balaban J connectivity index is 1.78. The third kappa shape index (κ3) is 5.58. The highest BCUT2D eigenvalue weighted by Crippen LogP contribution is 2.31. The van der Waals surface area contributed by atoms with Gasteiger partial charge in [0.1, 0.15) is 24.1 Å². The van der Waals surface area contributed by atoms with Gasteiger partial charge in [-0.3, -0.25) is 4.79 Å². The van der Waals surface area contributed by atoms with Crippen LogP contribution in [0.15, 0.2) is 66.2 Å².